The Morgan fingerprint density at radius 3 is 1.80 bits per heavy atom. The number of fused-ring (bicyclic) bond motifs is 1. The van der Waals surface area contributed by atoms with E-state index in [1.165, 1.54) is 6.07 Å². The monoisotopic (exact) mass is 709 g/mol. The molecule has 2 aliphatic heterocycles. The Labute approximate surface area is 290 Å². The van der Waals surface area contributed by atoms with Gasteiger partial charge in [0, 0.05) is 19.4 Å². The second-order valence-electron chi connectivity index (χ2n) is 11.2. The van der Waals surface area contributed by atoms with Crippen LogP contribution >= 0.6 is 0 Å². The van der Waals surface area contributed by atoms with Gasteiger partial charge in [-0.1, -0.05) is 12.5 Å². The number of ether oxygens (including phenoxy) is 7. The van der Waals surface area contributed by atoms with Crippen molar-refractivity contribution in [1.82, 2.24) is 10.2 Å². The number of nitrogens with zero attached hydrogens (tertiary/aromatic N) is 1. The van der Waals surface area contributed by atoms with E-state index in [9.17, 15) is 28.8 Å². The summed E-state index contributed by atoms with van der Waals surface area (Å²) in [6.45, 7) is 4.98. The second kappa shape index (κ2) is 23.5. The van der Waals surface area contributed by atoms with E-state index in [4.69, 9.17) is 38.3 Å². The first kappa shape index (κ1) is 40.6. The van der Waals surface area contributed by atoms with Gasteiger partial charge in [0.25, 0.3) is 11.8 Å². The van der Waals surface area contributed by atoms with Crippen LogP contribution in [0, 0.1) is 0 Å². The highest BCUT2D eigenvalue weighted by atomic mass is 16.6. The van der Waals surface area contributed by atoms with Crippen LogP contribution in [-0.2, 0) is 52.3 Å². The molecule has 1 atom stereocenters. The molecule has 278 valence electrons. The first-order valence-corrected chi connectivity index (χ1v) is 16.7. The summed E-state index contributed by atoms with van der Waals surface area (Å²) in [5.41, 5.74) is 0.366. The maximum Gasteiger partial charge on any atom is 0.329 e. The number of benzene rings is 1. The van der Waals surface area contributed by atoms with Gasteiger partial charge in [-0.15, -0.1) is 0 Å². The molecule has 50 heavy (non-hydrogen) atoms. The lowest BCUT2D eigenvalue weighted by atomic mass is 10.0. The highest BCUT2D eigenvalue weighted by Gasteiger charge is 2.45. The van der Waals surface area contributed by atoms with Crippen LogP contribution in [0.3, 0.4) is 0 Å². The molecule has 3 N–H and O–H groups in total. The Bertz CT molecular complexity index is 1280. The highest BCUT2D eigenvalue weighted by Crippen LogP contribution is 2.32. The Kier molecular flexibility index (Phi) is 19.1. The number of rotatable bonds is 28. The molecule has 1 unspecified atom stereocenters. The zero-order valence-electron chi connectivity index (χ0n) is 28.2. The number of carbonyl (C=O) groups excluding carboxylic acids is 5. The van der Waals surface area contributed by atoms with Crippen LogP contribution in [0.1, 0.15) is 59.2 Å². The van der Waals surface area contributed by atoms with Crippen molar-refractivity contribution in [2.24, 2.45) is 0 Å². The third kappa shape index (κ3) is 14.6. The Hall–Kier alpha value is -3.84. The average molecular weight is 710 g/mol. The topological polar surface area (TPSA) is 215 Å². The van der Waals surface area contributed by atoms with Gasteiger partial charge in [0.15, 0.2) is 0 Å². The number of nitrogens with one attached hydrogen (secondary N) is 2. The van der Waals surface area contributed by atoms with Crippen molar-refractivity contribution < 1.29 is 67.0 Å². The largest absolute Gasteiger partial charge is 0.480 e. The van der Waals surface area contributed by atoms with Gasteiger partial charge in [-0.2, -0.15) is 0 Å². The number of carboxylic acid groups (broad SMARTS) is 1. The van der Waals surface area contributed by atoms with Crippen LogP contribution in [-0.4, -0.2) is 144 Å². The van der Waals surface area contributed by atoms with E-state index in [0.29, 0.717) is 85.7 Å². The smallest absolute Gasteiger partial charge is 0.329 e. The van der Waals surface area contributed by atoms with Gasteiger partial charge >= 0.3 is 5.97 Å². The van der Waals surface area contributed by atoms with Crippen molar-refractivity contribution >= 4 is 41.2 Å². The molecule has 0 aliphatic carbocycles. The van der Waals surface area contributed by atoms with E-state index >= 15 is 0 Å². The summed E-state index contributed by atoms with van der Waals surface area (Å²) in [6, 6.07) is 3.51. The minimum Gasteiger partial charge on any atom is -0.480 e. The molecule has 0 bridgehead atoms. The molecular weight excluding hydrogens is 662 g/mol. The van der Waals surface area contributed by atoms with Gasteiger partial charge in [0.05, 0.1) is 96.1 Å². The number of amides is 5. The number of hydrogen-bond acceptors (Lipinski definition) is 13. The fourth-order valence-corrected chi connectivity index (χ4v) is 4.98. The van der Waals surface area contributed by atoms with Crippen LogP contribution < -0.4 is 10.6 Å². The minimum absolute atomic E-state index is 0.0252. The molecule has 5 amide bonds. The Balaban J connectivity index is 1.10. The van der Waals surface area contributed by atoms with Gasteiger partial charge in [0.2, 0.25) is 17.7 Å². The van der Waals surface area contributed by atoms with Crippen LogP contribution in [0.5, 0.6) is 0 Å². The molecule has 2 aliphatic rings. The maximum absolute atomic E-state index is 13.2. The molecule has 1 aromatic carbocycles. The molecule has 0 spiro atoms. The van der Waals surface area contributed by atoms with Crippen LogP contribution in [0.25, 0.3) is 0 Å². The molecule has 0 saturated carbocycles. The summed E-state index contributed by atoms with van der Waals surface area (Å²) in [7, 11) is 0. The van der Waals surface area contributed by atoms with E-state index in [0.717, 1.165) is 17.7 Å². The number of aliphatic carboxylic acids is 1. The van der Waals surface area contributed by atoms with Gasteiger partial charge in [-0.25, -0.2) is 4.79 Å². The van der Waals surface area contributed by atoms with Gasteiger partial charge < -0.3 is 43.6 Å². The summed E-state index contributed by atoms with van der Waals surface area (Å²) in [4.78, 5) is 73.7. The Morgan fingerprint density at radius 1 is 0.720 bits per heavy atom. The average Bonchev–Trinajstić information content (AvgIpc) is 3.34. The number of imide groups is 2. The molecule has 0 aromatic heterocycles. The SMILES string of the molecule is O=C(O)COCCOCCOCCOCCOCCOCCOCCCCCC(=O)Nc1cccc2c1C(=O)N(C1CCC(=O)NC1=O)C2=O. The molecular formula is C33H47N3O14. The summed E-state index contributed by atoms with van der Waals surface area (Å²) in [5, 5.41) is 13.3. The lowest BCUT2D eigenvalue weighted by molar-refractivity contribution is -0.143. The molecule has 0 radical (unpaired) electrons. The van der Waals surface area contributed by atoms with E-state index in [2.05, 4.69) is 10.6 Å². The van der Waals surface area contributed by atoms with Crippen molar-refractivity contribution in [3.05, 3.63) is 29.3 Å². The Morgan fingerprint density at radius 2 is 1.26 bits per heavy atom. The fraction of sp³-hybridized carbons (Fsp3) is 0.636. The molecule has 3 rings (SSSR count). The van der Waals surface area contributed by atoms with Gasteiger partial charge in [-0.3, -0.25) is 34.2 Å². The summed E-state index contributed by atoms with van der Waals surface area (Å²) in [5.74, 6) is -3.75. The number of hydrogen-bond donors (Lipinski definition) is 3. The number of piperidine rings is 1. The van der Waals surface area contributed by atoms with Gasteiger partial charge in [-0.05, 0) is 31.4 Å². The molecule has 17 heteroatoms. The third-order valence-corrected chi connectivity index (χ3v) is 7.39. The first-order chi connectivity index (χ1) is 24.3. The molecule has 1 fully saturated rings. The fourth-order valence-electron chi connectivity index (χ4n) is 4.98. The maximum atomic E-state index is 13.2. The predicted octanol–water partition coefficient (Wildman–Crippen LogP) is 0.788. The van der Waals surface area contributed by atoms with Gasteiger partial charge in [0.1, 0.15) is 12.6 Å². The normalized spacial score (nSPS) is 15.8. The number of carboxylic acids is 1. The van der Waals surface area contributed by atoms with Crippen molar-refractivity contribution in [2.75, 3.05) is 97.8 Å². The molecule has 2 heterocycles. The van der Waals surface area contributed by atoms with Crippen molar-refractivity contribution in [3.8, 4) is 0 Å². The quantitative estimate of drug-likeness (QED) is 0.0811. The summed E-state index contributed by atoms with van der Waals surface area (Å²) < 4.78 is 37.3. The highest BCUT2D eigenvalue weighted by molar-refractivity contribution is 6.26. The number of carbonyl (C=O) groups is 6. The zero-order chi connectivity index (χ0) is 36.0. The molecule has 1 saturated heterocycles. The van der Waals surface area contributed by atoms with E-state index in [-0.39, 0.29) is 55.2 Å². The second-order valence-corrected chi connectivity index (χ2v) is 11.2. The summed E-state index contributed by atoms with van der Waals surface area (Å²) >= 11 is 0. The molecule has 17 nitrogen and oxygen atoms in total. The van der Waals surface area contributed by atoms with Crippen molar-refractivity contribution in [3.63, 3.8) is 0 Å². The lowest BCUT2D eigenvalue weighted by Crippen LogP contribution is -2.54. The standard InChI is InChI=1S/C33H47N3O14/c37-27(34-25-6-4-5-24-30(25)33(43)36(32(24)42)26-8-9-28(38)35-31(26)41)7-2-1-3-10-44-11-12-45-13-14-46-15-16-47-17-18-48-19-20-49-21-22-50-23-29(39)40/h4-6,26H,1-3,7-23H2,(H,34,37)(H,39,40)(H,35,38,41). The predicted molar refractivity (Wildman–Crippen MR) is 174 cm³/mol. The zero-order valence-corrected chi connectivity index (χ0v) is 28.2. The number of unbranched alkanes of at least 4 members (excludes halogenated alkanes) is 2. The van der Waals surface area contributed by atoms with Crippen molar-refractivity contribution in [2.45, 2.75) is 44.6 Å². The van der Waals surface area contributed by atoms with Crippen LogP contribution in [0.2, 0.25) is 0 Å². The van der Waals surface area contributed by atoms with Crippen LogP contribution in [0.4, 0.5) is 5.69 Å². The lowest BCUT2D eigenvalue weighted by Gasteiger charge is -2.27. The van der Waals surface area contributed by atoms with E-state index in [1.54, 1.807) is 12.1 Å². The van der Waals surface area contributed by atoms with Crippen LogP contribution in [0.15, 0.2) is 18.2 Å². The van der Waals surface area contributed by atoms with E-state index in [1.807, 2.05) is 0 Å². The van der Waals surface area contributed by atoms with E-state index < -0.39 is 35.6 Å². The minimum atomic E-state index is -1.08. The third-order valence-electron chi connectivity index (χ3n) is 7.39. The number of anilines is 1. The summed E-state index contributed by atoms with van der Waals surface area (Å²) in [6.07, 6.45) is 2.42. The van der Waals surface area contributed by atoms with Crippen molar-refractivity contribution in [1.29, 1.82) is 0 Å². The first-order valence-electron chi connectivity index (χ1n) is 16.7. The molecule has 1 aromatic rings.